The zero-order chi connectivity index (χ0) is 26.0. The molecule has 194 valence electrons. The van der Waals surface area contributed by atoms with E-state index in [-0.39, 0.29) is 11.5 Å². The predicted octanol–water partition coefficient (Wildman–Crippen LogP) is 6.52. The summed E-state index contributed by atoms with van der Waals surface area (Å²) in [4.78, 5) is 12.2. The van der Waals surface area contributed by atoms with Gasteiger partial charge in [0.1, 0.15) is 11.9 Å². The Labute approximate surface area is 217 Å². The molecule has 36 heavy (non-hydrogen) atoms. The molecule has 4 rings (SSSR count). The lowest BCUT2D eigenvalue weighted by Crippen LogP contribution is -2.59. The minimum atomic E-state index is 0.138. The van der Waals surface area contributed by atoms with Gasteiger partial charge in [0.2, 0.25) is 0 Å². The number of nitrogen functional groups attached to an aromatic ring is 1. The summed E-state index contributed by atoms with van der Waals surface area (Å²) in [5, 5.41) is 10.0. The Morgan fingerprint density at radius 1 is 1.25 bits per heavy atom. The monoisotopic (exact) mass is 489 g/mol. The van der Waals surface area contributed by atoms with Crippen LogP contribution >= 0.6 is 0 Å². The molecule has 3 unspecified atom stereocenters. The van der Waals surface area contributed by atoms with Crippen molar-refractivity contribution in [2.24, 2.45) is 5.92 Å². The van der Waals surface area contributed by atoms with Crippen LogP contribution in [-0.2, 0) is 12.8 Å². The van der Waals surface area contributed by atoms with E-state index < -0.39 is 0 Å². The van der Waals surface area contributed by atoms with Crippen LogP contribution in [-0.4, -0.2) is 29.2 Å². The summed E-state index contributed by atoms with van der Waals surface area (Å²) in [5.74, 6) is 2.38. The highest BCUT2D eigenvalue weighted by atomic mass is 16.5. The van der Waals surface area contributed by atoms with Crippen molar-refractivity contribution in [3.63, 3.8) is 0 Å². The minimum absolute atomic E-state index is 0.138. The molecule has 6 heteroatoms. The van der Waals surface area contributed by atoms with Gasteiger partial charge in [-0.1, -0.05) is 40.2 Å². The summed E-state index contributed by atoms with van der Waals surface area (Å²) in [6, 6.07) is 6.89. The Morgan fingerprint density at radius 2 is 2.03 bits per heavy atom. The van der Waals surface area contributed by atoms with Crippen LogP contribution in [0.4, 0.5) is 11.5 Å². The Bertz CT molecular complexity index is 1140. The van der Waals surface area contributed by atoms with Gasteiger partial charge in [0.25, 0.3) is 0 Å². The van der Waals surface area contributed by atoms with E-state index in [1.165, 1.54) is 36.8 Å². The number of aromatic nitrogens is 2. The maximum atomic E-state index is 10.0. The number of fused-ring (bicyclic) bond motifs is 1. The SMILES string of the molecule is CCC(C)CCC1(C)CCN1c1nc(OC)nc2c1CCC(c1c([C@@H](C)CC)ccc(N)c1C#N)C2. The number of nitriles is 1. The third-order valence-corrected chi connectivity index (χ3v) is 9.04. The fourth-order valence-corrected chi connectivity index (χ4v) is 5.99. The number of anilines is 2. The first-order chi connectivity index (χ1) is 17.3. The molecule has 2 N–H and O–H groups in total. The molecule has 1 aliphatic carbocycles. The van der Waals surface area contributed by atoms with Crippen molar-refractivity contribution < 1.29 is 4.74 Å². The predicted molar refractivity (Wildman–Crippen MR) is 147 cm³/mol. The molecule has 0 amide bonds. The van der Waals surface area contributed by atoms with Crippen LogP contribution in [0.15, 0.2) is 12.1 Å². The van der Waals surface area contributed by atoms with Gasteiger partial charge in [-0.15, -0.1) is 0 Å². The summed E-state index contributed by atoms with van der Waals surface area (Å²) in [7, 11) is 1.65. The summed E-state index contributed by atoms with van der Waals surface area (Å²) in [6.07, 6.45) is 8.50. The van der Waals surface area contributed by atoms with E-state index in [1.807, 2.05) is 6.07 Å². The number of nitrogens with zero attached hydrogens (tertiary/aromatic N) is 4. The Balaban J connectivity index is 1.70. The highest BCUT2D eigenvalue weighted by Crippen LogP contribution is 2.45. The number of benzene rings is 1. The number of rotatable bonds is 9. The number of methoxy groups -OCH3 is 1. The van der Waals surface area contributed by atoms with Crippen molar-refractivity contribution in [1.29, 1.82) is 5.26 Å². The Morgan fingerprint density at radius 3 is 2.64 bits per heavy atom. The zero-order valence-electron chi connectivity index (χ0n) is 23.0. The number of nitrogens with two attached hydrogens (primary N) is 1. The molecule has 0 radical (unpaired) electrons. The molecule has 1 saturated heterocycles. The molecule has 2 heterocycles. The Kier molecular flexibility index (Phi) is 7.78. The quantitative estimate of drug-likeness (QED) is 0.403. The third-order valence-electron chi connectivity index (χ3n) is 9.04. The molecule has 1 aromatic heterocycles. The van der Waals surface area contributed by atoms with Crippen LogP contribution in [0.1, 0.15) is 113 Å². The molecular formula is C30H43N5O. The van der Waals surface area contributed by atoms with E-state index in [0.29, 0.717) is 23.2 Å². The maximum Gasteiger partial charge on any atom is 0.318 e. The second-order valence-corrected chi connectivity index (χ2v) is 11.3. The molecule has 1 fully saturated rings. The molecule has 0 bridgehead atoms. The summed E-state index contributed by atoms with van der Waals surface area (Å²) >= 11 is 0. The highest BCUT2D eigenvalue weighted by Gasteiger charge is 2.43. The number of hydrogen-bond donors (Lipinski definition) is 1. The Hall–Kier alpha value is -2.81. The van der Waals surface area contributed by atoms with Crippen LogP contribution in [0.5, 0.6) is 6.01 Å². The summed E-state index contributed by atoms with van der Waals surface area (Å²) in [5.41, 5.74) is 12.3. The van der Waals surface area contributed by atoms with Gasteiger partial charge >= 0.3 is 6.01 Å². The fraction of sp³-hybridized carbons (Fsp3) is 0.633. The second-order valence-electron chi connectivity index (χ2n) is 11.3. The molecule has 6 nitrogen and oxygen atoms in total. The molecular weight excluding hydrogens is 446 g/mol. The van der Waals surface area contributed by atoms with E-state index >= 15 is 0 Å². The number of ether oxygens (including phenoxy) is 1. The highest BCUT2D eigenvalue weighted by molar-refractivity contribution is 5.63. The molecule has 1 aromatic carbocycles. The molecule has 1 aliphatic heterocycles. The summed E-state index contributed by atoms with van der Waals surface area (Å²) < 4.78 is 5.59. The fourth-order valence-electron chi connectivity index (χ4n) is 5.99. The van der Waals surface area contributed by atoms with Crippen LogP contribution in [0.25, 0.3) is 0 Å². The van der Waals surface area contributed by atoms with E-state index in [0.717, 1.165) is 55.2 Å². The van der Waals surface area contributed by atoms with Crippen molar-refractivity contribution in [2.75, 3.05) is 24.3 Å². The minimum Gasteiger partial charge on any atom is -0.467 e. The van der Waals surface area contributed by atoms with E-state index in [1.54, 1.807) is 7.11 Å². The van der Waals surface area contributed by atoms with E-state index in [4.69, 9.17) is 20.4 Å². The van der Waals surface area contributed by atoms with Gasteiger partial charge in [0, 0.05) is 23.3 Å². The van der Waals surface area contributed by atoms with Gasteiger partial charge in [0.15, 0.2) is 0 Å². The van der Waals surface area contributed by atoms with E-state index in [9.17, 15) is 5.26 Å². The van der Waals surface area contributed by atoms with Crippen molar-refractivity contribution in [2.45, 2.75) is 103 Å². The zero-order valence-corrected chi connectivity index (χ0v) is 23.0. The number of hydrogen-bond acceptors (Lipinski definition) is 6. The largest absolute Gasteiger partial charge is 0.467 e. The summed E-state index contributed by atoms with van der Waals surface area (Å²) in [6.45, 7) is 12.5. The third kappa shape index (κ3) is 4.77. The first-order valence-corrected chi connectivity index (χ1v) is 13.8. The molecule has 2 aliphatic rings. The average molecular weight is 490 g/mol. The standard InChI is InChI=1S/C30H43N5O/c1-7-19(3)13-14-30(5)15-16-35(30)28-23-10-9-21(17-26(23)33-29(34-28)36-6)27-22(20(4)8-2)11-12-25(32)24(27)18-31/h11-12,19-21H,7-10,13-17,32H2,1-6H3/t19?,20-,21?,30?/m0/s1. The lowest BCUT2D eigenvalue weighted by atomic mass is 9.75. The van der Waals surface area contributed by atoms with Crippen molar-refractivity contribution in [3.05, 3.63) is 40.1 Å². The topological polar surface area (TPSA) is 88.1 Å². The first-order valence-electron chi connectivity index (χ1n) is 13.8. The van der Waals surface area contributed by atoms with Crippen molar-refractivity contribution >= 4 is 11.5 Å². The van der Waals surface area contributed by atoms with Gasteiger partial charge in [0.05, 0.1) is 18.4 Å². The van der Waals surface area contributed by atoms with Gasteiger partial charge < -0.3 is 15.4 Å². The van der Waals surface area contributed by atoms with Crippen LogP contribution in [0.3, 0.4) is 0 Å². The lowest BCUT2D eigenvalue weighted by Gasteiger charge is -2.53. The second kappa shape index (κ2) is 10.7. The van der Waals surface area contributed by atoms with Gasteiger partial charge in [-0.05, 0) is 86.8 Å². The first kappa shape index (κ1) is 26.3. The lowest BCUT2D eigenvalue weighted by molar-refractivity contribution is 0.253. The van der Waals surface area contributed by atoms with Gasteiger partial charge in [-0.25, -0.2) is 0 Å². The maximum absolute atomic E-state index is 10.0. The normalized spacial score (nSPS) is 22.8. The molecule has 2 aromatic rings. The molecule has 0 saturated carbocycles. The van der Waals surface area contributed by atoms with E-state index in [2.05, 4.69) is 51.7 Å². The van der Waals surface area contributed by atoms with Crippen LogP contribution in [0, 0.1) is 17.2 Å². The molecule has 0 spiro atoms. The average Bonchev–Trinajstić information content (AvgIpc) is 2.89. The van der Waals surface area contributed by atoms with Gasteiger partial charge in [-0.3, -0.25) is 0 Å². The van der Waals surface area contributed by atoms with Crippen molar-refractivity contribution in [3.8, 4) is 12.1 Å². The van der Waals surface area contributed by atoms with Crippen LogP contribution < -0.4 is 15.4 Å². The molecule has 4 atom stereocenters. The van der Waals surface area contributed by atoms with Crippen LogP contribution in [0.2, 0.25) is 0 Å². The van der Waals surface area contributed by atoms with Crippen molar-refractivity contribution in [1.82, 2.24) is 9.97 Å². The smallest absolute Gasteiger partial charge is 0.318 e. The van der Waals surface area contributed by atoms with Gasteiger partial charge in [-0.2, -0.15) is 15.2 Å².